The fourth-order valence-electron chi connectivity index (χ4n) is 4.76. The van der Waals surface area contributed by atoms with Gasteiger partial charge < -0.3 is 14.4 Å². The first kappa shape index (κ1) is 20.5. The zero-order chi connectivity index (χ0) is 20.3. The molecular weight excluding hydrogens is 364 g/mol. The highest BCUT2D eigenvalue weighted by molar-refractivity contribution is 5.62. The summed E-state index contributed by atoms with van der Waals surface area (Å²) in [4.78, 5) is 4.83. The Labute approximate surface area is 173 Å². The Morgan fingerprint density at radius 2 is 1.97 bits per heavy atom. The summed E-state index contributed by atoms with van der Waals surface area (Å²) >= 11 is 0. The van der Waals surface area contributed by atoms with Gasteiger partial charge in [-0.15, -0.1) is 0 Å². The van der Waals surface area contributed by atoms with Gasteiger partial charge in [-0.05, 0) is 31.6 Å². The lowest BCUT2D eigenvalue weighted by Gasteiger charge is -2.36. The smallest absolute Gasteiger partial charge is 0.0956 e. The third kappa shape index (κ3) is 4.56. The summed E-state index contributed by atoms with van der Waals surface area (Å²) in [6.45, 7) is 6.93. The fourth-order valence-corrected chi connectivity index (χ4v) is 4.76. The third-order valence-electron chi connectivity index (χ3n) is 6.39. The first-order chi connectivity index (χ1) is 14.1. The Bertz CT molecular complexity index is 783. The van der Waals surface area contributed by atoms with Crippen LogP contribution in [0.4, 0.5) is 0 Å². The van der Waals surface area contributed by atoms with Crippen molar-refractivity contribution in [2.75, 3.05) is 19.8 Å². The van der Waals surface area contributed by atoms with Crippen molar-refractivity contribution in [2.24, 2.45) is 11.3 Å². The Morgan fingerprint density at radius 1 is 1.21 bits per heavy atom. The normalized spacial score (nSPS) is 24.3. The topological polar surface area (TPSA) is 71.3 Å². The van der Waals surface area contributed by atoms with E-state index in [0.29, 0.717) is 12.0 Å². The number of aliphatic hydroxyl groups excluding tert-OH is 1. The van der Waals surface area contributed by atoms with E-state index in [1.165, 1.54) is 5.69 Å². The second-order valence-corrected chi connectivity index (χ2v) is 9.15. The van der Waals surface area contributed by atoms with Crippen LogP contribution in [-0.2, 0) is 11.3 Å². The number of imidazole rings is 1. The summed E-state index contributed by atoms with van der Waals surface area (Å²) < 4.78 is 7.84. The van der Waals surface area contributed by atoms with Crippen LogP contribution in [0.1, 0.15) is 51.3 Å². The zero-order valence-corrected chi connectivity index (χ0v) is 17.6. The number of ether oxygens (including phenoxy) is 1. The van der Waals surface area contributed by atoms with E-state index in [4.69, 9.17) is 9.72 Å². The van der Waals surface area contributed by atoms with E-state index < -0.39 is 0 Å². The van der Waals surface area contributed by atoms with Gasteiger partial charge in [0, 0.05) is 36.8 Å². The zero-order valence-electron chi connectivity index (χ0n) is 17.6. The molecule has 3 N–H and O–H groups in total. The van der Waals surface area contributed by atoms with Crippen molar-refractivity contribution in [2.45, 2.75) is 58.2 Å². The molecule has 0 saturated carbocycles. The maximum absolute atomic E-state index is 10.2. The van der Waals surface area contributed by atoms with Gasteiger partial charge in [0.2, 0.25) is 0 Å². The SMILES string of the molecule is CC(C)CC1CC(c2c(-c3ccccc3)ncn2CC2(CO)CCOCC2)NN1. The van der Waals surface area contributed by atoms with Crippen molar-refractivity contribution in [1.29, 1.82) is 0 Å². The van der Waals surface area contributed by atoms with Crippen LogP contribution in [0.25, 0.3) is 11.3 Å². The van der Waals surface area contributed by atoms with Crippen LogP contribution >= 0.6 is 0 Å². The van der Waals surface area contributed by atoms with E-state index >= 15 is 0 Å². The van der Waals surface area contributed by atoms with Crippen LogP contribution in [0.2, 0.25) is 0 Å². The molecule has 2 saturated heterocycles. The summed E-state index contributed by atoms with van der Waals surface area (Å²) in [5.74, 6) is 0.659. The number of benzene rings is 1. The maximum Gasteiger partial charge on any atom is 0.0956 e. The second-order valence-electron chi connectivity index (χ2n) is 9.15. The lowest BCUT2D eigenvalue weighted by atomic mass is 9.80. The van der Waals surface area contributed by atoms with Crippen molar-refractivity contribution in [3.05, 3.63) is 42.4 Å². The second kappa shape index (κ2) is 8.96. The number of hydrogen-bond donors (Lipinski definition) is 3. The molecule has 0 spiro atoms. The van der Waals surface area contributed by atoms with Crippen LogP contribution in [0.15, 0.2) is 36.7 Å². The highest BCUT2D eigenvalue weighted by Gasteiger charge is 2.36. The van der Waals surface area contributed by atoms with Gasteiger partial charge in [0.25, 0.3) is 0 Å². The van der Waals surface area contributed by atoms with E-state index in [1.807, 2.05) is 12.4 Å². The monoisotopic (exact) mass is 398 g/mol. The Hall–Kier alpha value is -1.73. The minimum atomic E-state index is -0.134. The molecule has 0 bridgehead atoms. The van der Waals surface area contributed by atoms with Gasteiger partial charge in [0.15, 0.2) is 0 Å². The third-order valence-corrected chi connectivity index (χ3v) is 6.39. The molecule has 2 unspecified atom stereocenters. The first-order valence-electron chi connectivity index (χ1n) is 10.9. The van der Waals surface area contributed by atoms with Gasteiger partial charge in [-0.1, -0.05) is 44.2 Å². The lowest BCUT2D eigenvalue weighted by molar-refractivity contribution is -0.0257. The summed E-state index contributed by atoms with van der Waals surface area (Å²) in [6.07, 6.45) is 5.92. The molecule has 2 aliphatic rings. The predicted octanol–water partition coefficient (Wildman–Crippen LogP) is 3.29. The summed E-state index contributed by atoms with van der Waals surface area (Å²) in [5, 5.41) is 10.2. The number of hydrazine groups is 1. The van der Waals surface area contributed by atoms with E-state index in [2.05, 4.69) is 53.5 Å². The van der Waals surface area contributed by atoms with Gasteiger partial charge in [0.1, 0.15) is 0 Å². The molecule has 1 aromatic carbocycles. The molecule has 0 aliphatic carbocycles. The highest BCUT2D eigenvalue weighted by atomic mass is 16.5. The summed E-state index contributed by atoms with van der Waals surface area (Å²) in [6, 6.07) is 11.1. The van der Waals surface area contributed by atoms with Crippen LogP contribution in [0.3, 0.4) is 0 Å². The Morgan fingerprint density at radius 3 is 2.66 bits per heavy atom. The van der Waals surface area contributed by atoms with E-state index in [1.54, 1.807) is 0 Å². The van der Waals surface area contributed by atoms with Crippen molar-refractivity contribution >= 4 is 0 Å². The molecule has 0 radical (unpaired) electrons. The van der Waals surface area contributed by atoms with Crippen molar-refractivity contribution in [3.8, 4) is 11.3 Å². The summed E-state index contributed by atoms with van der Waals surface area (Å²) in [5.41, 5.74) is 10.3. The van der Waals surface area contributed by atoms with Crippen molar-refractivity contribution < 1.29 is 9.84 Å². The lowest BCUT2D eigenvalue weighted by Crippen LogP contribution is -2.38. The van der Waals surface area contributed by atoms with Crippen LogP contribution in [0.5, 0.6) is 0 Å². The molecule has 3 heterocycles. The highest BCUT2D eigenvalue weighted by Crippen LogP contribution is 2.37. The molecule has 2 aromatic rings. The van der Waals surface area contributed by atoms with E-state index in [-0.39, 0.29) is 18.1 Å². The van der Waals surface area contributed by atoms with Crippen molar-refractivity contribution in [1.82, 2.24) is 20.4 Å². The maximum atomic E-state index is 10.2. The van der Waals surface area contributed by atoms with Gasteiger partial charge in [-0.3, -0.25) is 5.43 Å². The van der Waals surface area contributed by atoms with Crippen LogP contribution in [-0.4, -0.2) is 40.5 Å². The predicted molar refractivity (Wildman–Crippen MR) is 114 cm³/mol. The largest absolute Gasteiger partial charge is 0.396 e. The first-order valence-corrected chi connectivity index (χ1v) is 10.9. The van der Waals surface area contributed by atoms with Crippen LogP contribution < -0.4 is 10.9 Å². The van der Waals surface area contributed by atoms with Gasteiger partial charge in [-0.25, -0.2) is 10.4 Å². The van der Waals surface area contributed by atoms with E-state index in [9.17, 15) is 5.11 Å². The Balaban J connectivity index is 1.66. The molecule has 2 fully saturated rings. The molecule has 158 valence electrons. The number of aromatic nitrogens is 2. The molecule has 2 aliphatic heterocycles. The molecule has 6 heteroatoms. The molecular formula is C23H34N4O2. The number of nitrogens with zero attached hydrogens (tertiary/aromatic N) is 2. The number of aliphatic hydroxyl groups is 1. The molecule has 1 aromatic heterocycles. The molecule has 0 amide bonds. The van der Waals surface area contributed by atoms with Crippen molar-refractivity contribution in [3.63, 3.8) is 0 Å². The minimum Gasteiger partial charge on any atom is -0.396 e. The van der Waals surface area contributed by atoms with E-state index in [0.717, 1.165) is 56.7 Å². The number of hydrogen-bond acceptors (Lipinski definition) is 5. The molecule has 29 heavy (non-hydrogen) atoms. The number of rotatable bonds is 7. The summed E-state index contributed by atoms with van der Waals surface area (Å²) in [7, 11) is 0. The molecule has 4 rings (SSSR count). The molecule has 2 atom stereocenters. The van der Waals surface area contributed by atoms with Crippen LogP contribution in [0, 0.1) is 11.3 Å². The molecule has 6 nitrogen and oxygen atoms in total. The average molecular weight is 399 g/mol. The van der Waals surface area contributed by atoms with Gasteiger partial charge >= 0.3 is 0 Å². The Kier molecular flexibility index (Phi) is 6.35. The van der Waals surface area contributed by atoms with Gasteiger partial charge in [0.05, 0.1) is 30.4 Å². The average Bonchev–Trinajstić information content (AvgIpc) is 3.35. The standard InChI is InChI=1S/C23H34N4O2/c1-17(2)12-19-13-20(26-25-19)22-21(18-6-4-3-5-7-18)24-16-27(22)14-23(15-28)8-10-29-11-9-23/h3-7,16-17,19-20,25-26,28H,8-15H2,1-2H3. The van der Waals surface area contributed by atoms with Gasteiger partial charge in [-0.2, -0.15) is 0 Å². The fraction of sp³-hybridized carbons (Fsp3) is 0.609. The number of nitrogens with one attached hydrogen (secondary N) is 2. The quantitative estimate of drug-likeness (QED) is 0.668. The minimum absolute atomic E-state index is 0.134.